The van der Waals surface area contributed by atoms with Crippen molar-refractivity contribution in [3.63, 3.8) is 0 Å². The van der Waals surface area contributed by atoms with Gasteiger partial charge in [0, 0.05) is 14.2 Å². The molecule has 0 amide bonds. The quantitative estimate of drug-likeness (QED) is 0.632. The summed E-state index contributed by atoms with van der Waals surface area (Å²) >= 11 is 0. The Kier molecular flexibility index (Phi) is 3.46. The second kappa shape index (κ2) is 4.18. The lowest BCUT2D eigenvalue weighted by Crippen LogP contribution is -2.53. The molecule has 0 spiro atoms. The van der Waals surface area contributed by atoms with Crippen LogP contribution in [0.5, 0.6) is 0 Å². The standard InChI is InChI=1S/C8H16O4/c1-5-7(9)8(11-3)6(10-2)4-12-5/h5-9H,4H2,1-3H3/t5-,6+,7+,8-/m1/s1. The first-order valence-electron chi connectivity index (χ1n) is 4.06. The zero-order chi connectivity index (χ0) is 9.14. The van der Waals surface area contributed by atoms with E-state index in [0.717, 1.165) is 0 Å². The van der Waals surface area contributed by atoms with Crippen LogP contribution in [0.3, 0.4) is 0 Å². The Morgan fingerprint density at radius 2 is 2.00 bits per heavy atom. The summed E-state index contributed by atoms with van der Waals surface area (Å²) in [5.41, 5.74) is 0. The number of aliphatic hydroxyl groups is 1. The lowest BCUT2D eigenvalue weighted by Gasteiger charge is -2.37. The van der Waals surface area contributed by atoms with Crippen molar-refractivity contribution in [3.8, 4) is 0 Å². The van der Waals surface area contributed by atoms with Crippen molar-refractivity contribution in [3.05, 3.63) is 0 Å². The minimum Gasteiger partial charge on any atom is -0.388 e. The molecule has 0 radical (unpaired) electrons. The van der Waals surface area contributed by atoms with Crippen LogP contribution < -0.4 is 0 Å². The molecule has 0 aliphatic carbocycles. The fourth-order valence-electron chi connectivity index (χ4n) is 1.42. The van der Waals surface area contributed by atoms with Gasteiger partial charge in [-0.3, -0.25) is 0 Å². The van der Waals surface area contributed by atoms with Crippen molar-refractivity contribution in [2.24, 2.45) is 0 Å². The Bertz CT molecular complexity index is 137. The summed E-state index contributed by atoms with van der Waals surface area (Å²) in [6.45, 7) is 2.30. The summed E-state index contributed by atoms with van der Waals surface area (Å²) in [4.78, 5) is 0. The van der Waals surface area contributed by atoms with Gasteiger partial charge < -0.3 is 19.3 Å². The fraction of sp³-hybridized carbons (Fsp3) is 1.00. The fourth-order valence-corrected chi connectivity index (χ4v) is 1.42. The lowest BCUT2D eigenvalue weighted by molar-refractivity contribution is -0.198. The van der Waals surface area contributed by atoms with Gasteiger partial charge in [-0.15, -0.1) is 0 Å². The largest absolute Gasteiger partial charge is 0.388 e. The number of ether oxygens (including phenoxy) is 3. The SMILES string of the molecule is CO[C@H]1[C@@H](O)[C@@H](C)OC[C@@H]1OC. The first-order valence-corrected chi connectivity index (χ1v) is 4.06. The Balaban J connectivity index is 2.58. The molecule has 4 heteroatoms. The van der Waals surface area contributed by atoms with Crippen LogP contribution in [0.1, 0.15) is 6.92 Å². The van der Waals surface area contributed by atoms with E-state index in [9.17, 15) is 5.11 Å². The lowest BCUT2D eigenvalue weighted by atomic mass is 10.0. The number of methoxy groups -OCH3 is 2. The smallest absolute Gasteiger partial charge is 0.114 e. The van der Waals surface area contributed by atoms with Crippen molar-refractivity contribution in [2.75, 3.05) is 20.8 Å². The van der Waals surface area contributed by atoms with E-state index in [1.54, 1.807) is 14.2 Å². The van der Waals surface area contributed by atoms with Crippen LogP contribution in [-0.4, -0.2) is 50.3 Å². The second-order valence-electron chi connectivity index (χ2n) is 3.00. The van der Waals surface area contributed by atoms with Crippen molar-refractivity contribution in [2.45, 2.75) is 31.3 Å². The normalized spacial score (nSPS) is 43.0. The first kappa shape index (κ1) is 9.92. The molecule has 12 heavy (non-hydrogen) atoms. The highest BCUT2D eigenvalue weighted by Crippen LogP contribution is 2.19. The van der Waals surface area contributed by atoms with Gasteiger partial charge in [-0.1, -0.05) is 0 Å². The highest BCUT2D eigenvalue weighted by atomic mass is 16.6. The molecule has 4 atom stereocenters. The molecule has 0 aromatic heterocycles. The molecule has 72 valence electrons. The van der Waals surface area contributed by atoms with E-state index in [0.29, 0.717) is 6.61 Å². The van der Waals surface area contributed by atoms with Crippen LogP contribution in [0.25, 0.3) is 0 Å². The topological polar surface area (TPSA) is 47.9 Å². The molecule has 0 bridgehead atoms. The first-order chi connectivity index (χ1) is 5.70. The Morgan fingerprint density at radius 1 is 1.33 bits per heavy atom. The zero-order valence-electron chi connectivity index (χ0n) is 7.69. The molecule has 1 rings (SSSR count). The van der Waals surface area contributed by atoms with Crippen LogP contribution in [0.4, 0.5) is 0 Å². The van der Waals surface area contributed by atoms with Gasteiger partial charge in [0.1, 0.15) is 18.3 Å². The Hall–Kier alpha value is -0.160. The molecule has 0 saturated carbocycles. The number of hydrogen-bond donors (Lipinski definition) is 1. The summed E-state index contributed by atoms with van der Waals surface area (Å²) in [7, 11) is 3.15. The van der Waals surface area contributed by atoms with Crippen LogP contribution in [-0.2, 0) is 14.2 Å². The van der Waals surface area contributed by atoms with Gasteiger partial charge in [0.15, 0.2) is 0 Å². The number of rotatable bonds is 2. The maximum Gasteiger partial charge on any atom is 0.114 e. The average molecular weight is 176 g/mol. The van der Waals surface area contributed by atoms with E-state index in [2.05, 4.69) is 0 Å². The highest BCUT2D eigenvalue weighted by Gasteiger charge is 2.37. The van der Waals surface area contributed by atoms with Crippen LogP contribution in [0.15, 0.2) is 0 Å². The molecular formula is C8H16O4. The van der Waals surface area contributed by atoms with E-state index in [-0.39, 0.29) is 18.3 Å². The van der Waals surface area contributed by atoms with Gasteiger partial charge in [0.2, 0.25) is 0 Å². The third-order valence-electron chi connectivity index (χ3n) is 2.28. The van der Waals surface area contributed by atoms with Crippen molar-refractivity contribution in [1.82, 2.24) is 0 Å². The Morgan fingerprint density at radius 3 is 2.50 bits per heavy atom. The van der Waals surface area contributed by atoms with Gasteiger partial charge in [0.25, 0.3) is 0 Å². The van der Waals surface area contributed by atoms with Crippen molar-refractivity contribution in [1.29, 1.82) is 0 Å². The molecule has 1 N–H and O–H groups in total. The molecular weight excluding hydrogens is 160 g/mol. The molecule has 1 aliphatic rings. The van der Waals surface area contributed by atoms with Gasteiger partial charge in [0.05, 0.1) is 12.7 Å². The van der Waals surface area contributed by atoms with Gasteiger partial charge in [-0.25, -0.2) is 0 Å². The third kappa shape index (κ3) is 1.77. The summed E-state index contributed by atoms with van der Waals surface area (Å²) in [5, 5.41) is 9.61. The summed E-state index contributed by atoms with van der Waals surface area (Å²) in [6, 6.07) is 0. The van der Waals surface area contributed by atoms with E-state index >= 15 is 0 Å². The van der Waals surface area contributed by atoms with Gasteiger partial charge >= 0.3 is 0 Å². The average Bonchev–Trinajstić information content (AvgIpc) is 2.09. The van der Waals surface area contributed by atoms with E-state index in [1.165, 1.54) is 0 Å². The third-order valence-corrected chi connectivity index (χ3v) is 2.28. The summed E-state index contributed by atoms with van der Waals surface area (Å²) < 4.78 is 15.5. The maximum atomic E-state index is 9.61. The van der Waals surface area contributed by atoms with E-state index in [1.807, 2.05) is 6.92 Å². The molecule has 0 aromatic rings. The molecule has 1 fully saturated rings. The summed E-state index contributed by atoms with van der Waals surface area (Å²) in [6.07, 6.45) is -1.23. The predicted octanol–water partition coefficient (Wildman–Crippen LogP) is -0.204. The molecule has 1 aliphatic heterocycles. The van der Waals surface area contributed by atoms with Gasteiger partial charge in [-0.05, 0) is 6.92 Å². The number of aliphatic hydroxyl groups excluding tert-OH is 1. The van der Waals surface area contributed by atoms with E-state index in [4.69, 9.17) is 14.2 Å². The highest BCUT2D eigenvalue weighted by molar-refractivity contribution is 4.86. The number of hydrogen-bond acceptors (Lipinski definition) is 4. The minimum absolute atomic E-state index is 0.166. The van der Waals surface area contributed by atoms with Crippen LogP contribution in [0.2, 0.25) is 0 Å². The van der Waals surface area contributed by atoms with Crippen molar-refractivity contribution >= 4 is 0 Å². The minimum atomic E-state index is -0.603. The molecule has 0 aromatic carbocycles. The second-order valence-corrected chi connectivity index (χ2v) is 3.00. The summed E-state index contributed by atoms with van der Waals surface area (Å²) in [5.74, 6) is 0. The van der Waals surface area contributed by atoms with Crippen LogP contribution >= 0.6 is 0 Å². The van der Waals surface area contributed by atoms with Crippen LogP contribution in [0, 0.1) is 0 Å². The molecule has 4 nitrogen and oxygen atoms in total. The van der Waals surface area contributed by atoms with E-state index < -0.39 is 6.10 Å². The monoisotopic (exact) mass is 176 g/mol. The maximum absolute atomic E-state index is 9.61. The zero-order valence-corrected chi connectivity index (χ0v) is 7.69. The van der Waals surface area contributed by atoms with Crippen molar-refractivity contribution < 1.29 is 19.3 Å². The molecule has 0 unspecified atom stereocenters. The predicted molar refractivity (Wildman–Crippen MR) is 43.0 cm³/mol. The Labute approximate surface area is 72.4 Å². The molecule has 1 heterocycles. The molecule has 1 saturated heterocycles. The van der Waals surface area contributed by atoms with Gasteiger partial charge in [-0.2, -0.15) is 0 Å².